The second-order valence-corrected chi connectivity index (χ2v) is 4.16. The largest absolute Gasteiger partial charge is 0.573 e. The van der Waals surface area contributed by atoms with Gasteiger partial charge in [-0.25, -0.2) is 0 Å². The molecule has 0 spiro atoms. The Balaban J connectivity index is 2.51. The Bertz CT molecular complexity index is 399. The van der Waals surface area contributed by atoms with E-state index in [1.54, 1.807) is 0 Å². The van der Waals surface area contributed by atoms with Crippen molar-refractivity contribution < 1.29 is 27.8 Å². The van der Waals surface area contributed by atoms with Crippen LogP contribution in [0.2, 0.25) is 0 Å². The molecular weight excluding hydrogens is 275 g/mol. The number of ether oxygens (including phenoxy) is 2. The molecule has 1 unspecified atom stereocenters. The van der Waals surface area contributed by atoms with E-state index in [0.717, 1.165) is 19.0 Å². The average Bonchev–Trinajstić information content (AvgIpc) is 2.36. The van der Waals surface area contributed by atoms with Crippen molar-refractivity contribution in [2.45, 2.75) is 25.8 Å². The van der Waals surface area contributed by atoms with Gasteiger partial charge in [0.25, 0.3) is 0 Å². The number of hydrogen-bond acceptors (Lipinski definition) is 4. The Hall–Kier alpha value is -1.47. The van der Waals surface area contributed by atoms with Crippen molar-refractivity contribution in [3.8, 4) is 11.5 Å². The molecule has 20 heavy (non-hydrogen) atoms. The zero-order valence-electron chi connectivity index (χ0n) is 11.1. The number of rotatable bonds is 8. The van der Waals surface area contributed by atoms with Crippen LogP contribution in [0.4, 0.5) is 13.2 Å². The maximum absolute atomic E-state index is 12.2. The second-order valence-electron chi connectivity index (χ2n) is 4.16. The van der Waals surface area contributed by atoms with Gasteiger partial charge in [0.15, 0.2) is 11.5 Å². The normalized spacial score (nSPS) is 13.1. The van der Waals surface area contributed by atoms with E-state index in [4.69, 9.17) is 4.74 Å². The minimum atomic E-state index is -4.78. The van der Waals surface area contributed by atoms with Crippen molar-refractivity contribution in [3.05, 3.63) is 24.3 Å². The Labute approximate surface area is 115 Å². The number of halogens is 3. The monoisotopic (exact) mass is 293 g/mol. The van der Waals surface area contributed by atoms with Gasteiger partial charge in [0, 0.05) is 6.54 Å². The second kappa shape index (κ2) is 7.96. The Kier molecular flexibility index (Phi) is 6.60. The highest BCUT2D eigenvalue weighted by Gasteiger charge is 2.32. The van der Waals surface area contributed by atoms with E-state index >= 15 is 0 Å². The Morgan fingerprint density at radius 1 is 1.25 bits per heavy atom. The van der Waals surface area contributed by atoms with Crippen LogP contribution in [0.3, 0.4) is 0 Å². The first-order chi connectivity index (χ1) is 9.42. The standard InChI is InChI=1S/C13H18F3NO3/c1-2-7-17-8-10(18)9-19-11-5-3-4-6-12(11)20-13(14,15)16/h3-6,10,17-18H,2,7-9H2,1H3. The fourth-order valence-corrected chi connectivity index (χ4v) is 1.47. The molecule has 0 saturated heterocycles. The zero-order valence-corrected chi connectivity index (χ0v) is 11.1. The van der Waals surface area contributed by atoms with Crippen LogP contribution in [0.15, 0.2) is 24.3 Å². The molecule has 7 heteroatoms. The van der Waals surface area contributed by atoms with E-state index < -0.39 is 18.2 Å². The summed E-state index contributed by atoms with van der Waals surface area (Å²) in [7, 11) is 0. The molecule has 1 aromatic carbocycles. The van der Waals surface area contributed by atoms with E-state index in [-0.39, 0.29) is 12.4 Å². The van der Waals surface area contributed by atoms with Crippen molar-refractivity contribution >= 4 is 0 Å². The summed E-state index contributed by atoms with van der Waals surface area (Å²) in [6.45, 7) is 2.94. The number of alkyl halides is 3. The zero-order chi connectivity index (χ0) is 15.0. The van der Waals surface area contributed by atoms with Gasteiger partial charge < -0.3 is 19.9 Å². The summed E-state index contributed by atoms with van der Waals surface area (Å²) in [5.41, 5.74) is 0. The minimum absolute atomic E-state index is 0.0561. The molecule has 0 aliphatic heterocycles. The van der Waals surface area contributed by atoms with Gasteiger partial charge in [-0.05, 0) is 25.1 Å². The first kappa shape index (κ1) is 16.6. The van der Waals surface area contributed by atoms with Crippen LogP contribution in [-0.4, -0.2) is 37.3 Å². The molecule has 1 rings (SSSR count). The number of para-hydroxylation sites is 2. The summed E-state index contributed by atoms with van der Waals surface area (Å²) < 4.78 is 45.6. The molecule has 0 aromatic heterocycles. The third-order valence-electron chi connectivity index (χ3n) is 2.31. The molecule has 0 heterocycles. The molecule has 1 atom stereocenters. The van der Waals surface area contributed by atoms with Crippen LogP contribution in [-0.2, 0) is 0 Å². The molecule has 0 radical (unpaired) electrons. The smallest absolute Gasteiger partial charge is 0.487 e. The van der Waals surface area contributed by atoms with Crippen LogP contribution in [0.1, 0.15) is 13.3 Å². The van der Waals surface area contributed by atoms with Gasteiger partial charge in [0.05, 0.1) is 0 Å². The average molecular weight is 293 g/mol. The SMILES string of the molecule is CCCNCC(O)COc1ccccc1OC(F)(F)F. The van der Waals surface area contributed by atoms with Gasteiger partial charge in [0.2, 0.25) is 0 Å². The summed E-state index contributed by atoms with van der Waals surface area (Å²) in [5, 5.41) is 12.6. The van der Waals surface area contributed by atoms with Gasteiger partial charge >= 0.3 is 6.36 Å². The first-order valence-corrected chi connectivity index (χ1v) is 6.28. The summed E-state index contributed by atoms with van der Waals surface area (Å²) in [6, 6.07) is 5.45. The highest BCUT2D eigenvalue weighted by Crippen LogP contribution is 2.31. The summed E-state index contributed by atoms with van der Waals surface area (Å²) >= 11 is 0. The maximum atomic E-state index is 12.2. The molecule has 0 aliphatic rings. The van der Waals surface area contributed by atoms with E-state index in [1.165, 1.54) is 18.2 Å². The Morgan fingerprint density at radius 2 is 1.90 bits per heavy atom. The minimum Gasteiger partial charge on any atom is -0.487 e. The predicted molar refractivity (Wildman–Crippen MR) is 67.8 cm³/mol. The van der Waals surface area contributed by atoms with Gasteiger partial charge in [-0.1, -0.05) is 19.1 Å². The van der Waals surface area contributed by atoms with E-state index in [0.29, 0.717) is 6.54 Å². The lowest BCUT2D eigenvalue weighted by molar-refractivity contribution is -0.275. The number of aliphatic hydroxyl groups excluding tert-OH is 1. The number of benzene rings is 1. The van der Waals surface area contributed by atoms with Crippen LogP contribution in [0.25, 0.3) is 0 Å². The van der Waals surface area contributed by atoms with E-state index in [1.807, 2.05) is 6.92 Å². The predicted octanol–water partition coefficient (Wildman–Crippen LogP) is 2.32. The summed E-state index contributed by atoms with van der Waals surface area (Å²) in [6.07, 6.45) is -4.66. The van der Waals surface area contributed by atoms with Crippen LogP contribution >= 0.6 is 0 Å². The van der Waals surface area contributed by atoms with Crippen molar-refractivity contribution in [1.82, 2.24) is 5.32 Å². The van der Waals surface area contributed by atoms with Gasteiger partial charge in [-0.2, -0.15) is 0 Å². The van der Waals surface area contributed by atoms with E-state index in [9.17, 15) is 18.3 Å². The van der Waals surface area contributed by atoms with Gasteiger partial charge in [-0.3, -0.25) is 0 Å². The molecule has 1 aromatic rings. The fourth-order valence-electron chi connectivity index (χ4n) is 1.47. The highest BCUT2D eigenvalue weighted by atomic mass is 19.4. The molecular formula is C13H18F3NO3. The molecule has 0 saturated carbocycles. The topological polar surface area (TPSA) is 50.7 Å². The third-order valence-corrected chi connectivity index (χ3v) is 2.31. The number of hydrogen-bond donors (Lipinski definition) is 2. The lowest BCUT2D eigenvalue weighted by Gasteiger charge is -2.16. The number of nitrogens with one attached hydrogen (secondary N) is 1. The number of aliphatic hydroxyl groups is 1. The maximum Gasteiger partial charge on any atom is 0.573 e. The van der Waals surface area contributed by atoms with Crippen molar-refractivity contribution in [2.75, 3.05) is 19.7 Å². The first-order valence-electron chi connectivity index (χ1n) is 6.28. The van der Waals surface area contributed by atoms with Crippen LogP contribution in [0.5, 0.6) is 11.5 Å². The van der Waals surface area contributed by atoms with E-state index in [2.05, 4.69) is 10.1 Å². The Morgan fingerprint density at radius 3 is 2.50 bits per heavy atom. The van der Waals surface area contributed by atoms with Gasteiger partial charge in [-0.15, -0.1) is 13.2 Å². The molecule has 2 N–H and O–H groups in total. The quantitative estimate of drug-likeness (QED) is 0.722. The summed E-state index contributed by atoms with van der Waals surface area (Å²) in [4.78, 5) is 0. The molecule has 0 aliphatic carbocycles. The lowest BCUT2D eigenvalue weighted by atomic mass is 10.3. The van der Waals surface area contributed by atoms with Gasteiger partial charge in [0.1, 0.15) is 12.7 Å². The third kappa shape index (κ3) is 6.63. The molecule has 0 amide bonds. The molecule has 0 fully saturated rings. The van der Waals surface area contributed by atoms with Crippen LogP contribution < -0.4 is 14.8 Å². The van der Waals surface area contributed by atoms with Crippen molar-refractivity contribution in [1.29, 1.82) is 0 Å². The lowest BCUT2D eigenvalue weighted by Crippen LogP contribution is -2.31. The van der Waals surface area contributed by atoms with Crippen molar-refractivity contribution in [3.63, 3.8) is 0 Å². The molecule has 114 valence electrons. The van der Waals surface area contributed by atoms with Crippen LogP contribution in [0, 0.1) is 0 Å². The summed E-state index contributed by atoms with van der Waals surface area (Å²) in [5.74, 6) is -0.479. The molecule has 0 bridgehead atoms. The molecule has 4 nitrogen and oxygen atoms in total. The van der Waals surface area contributed by atoms with Crippen molar-refractivity contribution in [2.24, 2.45) is 0 Å². The fraction of sp³-hybridized carbons (Fsp3) is 0.538. The highest BCUT2D eigenvalue weighted by molar-refractivity contribution is 5.39.